The normalized spacial score (nSPS) is 10.5. The van der Waals surface area contributed by atoms with Crippen molar-refractivity contribution in [3.63, 3.8) is 0 Å². The average molecular weight is 362 g/mol. The SMILES string of the molecule is N#Cc1cnn2c(N(Cc3cccc(Cl)c3)C(=O)O)cc(Cl)nc12. The van der Waals surface area contributed by atoms with Crippen molar-refractivity contribution in [1.82, 2.24) is 14.6 Å². The Balaban J connectivity index is 2.12. The highest BCUT2D eigenvalue weighted by Gasteiger charge is 2.21. The molecule has 0 saturated heterocycles. The van der Waals surface area contributed by atoms with Gasteiger partial charge in [0.1, 0.15) is 22.6 Å². The summed E-state index contributed by atoms with van der Waals surface area (Å²) < 4.78 is 1.27. The van der Waals surface area contributed by atoms with Crippen LogP contribution in [-0.2, 0) is 6.54 Å². The van der Waals surface area contributed by atoms with Crippen molar-refractivity contribution in [2.75, 3.05) is 4.90 Å². The highest BCUT2D eigenvalue weighted by Crippen LogP contribution is 2.24. The zero-order valence-electron chi connectivity index (χ0n) is 12.0. The van der Waals surface area contributed by atoms with Gasteiger partial charge in [0.15, 0.2) is 5.65 Å². The first-order valence-electron chi connectivity index (χ1n) is 6.69. The summed E-state index contributed by atoms with van der Waals surface area (Å²) in [7, 11) is 0. The summed E-state index contributed by atoms with van der Waals surface area (Å²) in [6.45, 7) is 0.0348. The van der Waals surface area contributed by atoms with Gasteiger partial charge in [0.2, 0.25) is 0 Å². The van der Waals surface area contributed by atoms with E-state index in [2.05, 4.69) is 10.1 Å². The molecule has 0 radical (unpaired) electrons. The summed E-state index contributed by atoms with van der Waals surface area (Å²) in [5, 5.41) is 23.3. The van der Waals surface area contributed by atoms with Crippen LogP contribution in [0.3, 0.4) is 0 Å². The number of nitrogens with zero attached hydrogens (tertiary/aromatic N) is 5. The Kier molecular flexibility index (Phi) is 4.25. The monoisotopic (exact) mass is 361 g/mol. The molecule has 24 heavy (non-hydrogen) atoms. The quantitative estimate of drug-likeness (QED) is 0.719. The van der Waals surface area contributed by atoms with E-state index in [-0.39, 0.29) is 28.7 Å². The molecular formula is C15H9Cl2N5O2. The molecule has 0 saturated carbocycles. The molecule has 120 valence electrons. The van der Waals surface area contributed by atoms with Gasteiger partial charge in [0, 0.05) is 11.1 Å². The number of benzene rings is 1. The van der Waals surface area contributed by atoms with E-state index < -0.39 is 6.09 Å². The van der Waals surface area contributed by atoms with Gasteiger partial charge >= 0.3 is 6.09 Å². The highest BCUT2D eigenvalue weighted by molar-refractivity contribution is 6.30. The number of carboxylic acid groups (broad SMARTS) is 1. The molecule has 0 fully saturated rings. The van der Waals surface area contributed by atoms with E-state index >= 15 is 0 Å². The molecule has 9 heteroatoms. The molecule has 2 heterocycles. The van der Waals surface area contributed by atoms with Crippen LogP contribution < -0.4 is 4.90 Å². The molecule has 0 aliphatic heterocycles. The molecule has 3 rings (SSSR count). The molecule has 2 aromatic heterocycles. The number of aromatic nitrogens is 3. The van der Waals surface area contributed by atoms with E-state index in [1.807, 2.05) is 6.07 Å². The molecule has 1 N–H and O–H groups in total. The van der Waals surface area contributed by atoms with Gasteiger partial charge in [-0.3, -0.25) is 4.90 Å². The number of halogens is 2. The first-order valence-corrected chi connectivity index (χ1v) is 7.44. The van der Waals surface area contributed by atoms with Gasteiger partial charge in [-0.25, -0.2) is 9.78 Å². The number of nitriles is 1. The van der Waals surface area contributed by atoms with Crippen LogP contribution >= 0.6 is 23.2 Å². The summed E-state index contributed by atoms with van der Waals surface area (Å²) in [6, 6.07) is 10.2. The second-order valence-electron chi connectivity index (χ2n) is 4.84. The maximum absolute atomic E-state index is 11.7. The number of amides is 1. The Labute approximate surface area is 146 Å². The van der Waals surface area contributed by atoms with Gasteiger partial charge < -0.3 is 5.11 Å². The molecular weight excluding hydrogens is 353 g/mol. The van der Waals surface area contributed by atoms with E-state index in [0.717, 1.165) is 4.90 Å². The fourth-order valence-electron chi connectivity index (χ4n) is 2.25. The fourth-order valence-corrected chi connectivity index (χ4v) is 2.64. The van der Waals surface area contributed by atoms with Crippen LogP contribution in [0.1, 0.15) is 11.1 Å². The largest absolute Gasteiger partial charge is 0.465 e. The molecule has 7 nitrogen and oxygen atoms in total. The third-order valence-corrected chi connectivity index (χ3v) is 3.71. The van der Waals surface area contributed by atoms with Crippen molar-refractivity contribution >= 4 is 40.8 Å². The number of carbonyl (C=O) groups is 1. The maximum Gasteiger partial charge on any atom is 0.413 e. The topological polar surface area (TPSA) is 94.5 Å². The minimum Gasteiger partial charge on any atom is -0.465 e. The summed E-state index contributed by atoms with van der Waals surface area (Å²) >= 11 is 11.9. The summed E-state index contributed by atoms with van der Waals surface area (Å²) in [5.41, 5.74) is 1.09. The van der Waals surface area contributed by atoms with Gasteiger partial charge in [-0.05, 0) is 17.7 Å². The lowest BCUT2D eigenvalue weighted by Crippen LogP contribution is -2.30. The van der Waals surface area contributed by atoms with E-state index in [1.165, 1.54) is 16.8 Å². The van der Waals surface area contributed by atoms with E-state index in [0.29, 0.717) is 10.6 Å². The van der Waals surface area contributed by atoms with Crippen LogP contribution in [0.15, 0.2) is 36.5 Å². The van der Waals surface area contributed by atoms with E-state index in [9.17, 15) is 9.90 Å². The zero-order chi connectivity index (χ0) is 17.3. The second kappa shape index (κ2) is 6.35. The van der Waals surface area contributed by atoms with Gasteiger partial charge in [-0.15, -0.1) is 0 Å². The smallest absolute Gasteiger partial charge is 0.413 e. The van der Waals surface area contributed by atoms with Crippen LogP contribution in [0.25, 0.3) is 5.65 Å². The molecule has 1 aromatic carbocycles. The zero-order valence-corrected chi connectivity index (χ0v) is 13.5. The van der Waals surface area contributed by atoms with Crippen molar-refractivity contribution in [2.24, 2.45) is 0 Å². The maximum atomic E-state index is 11.7. The third-order valence-electron chi connectivity index (χ3n) is 3.28. The van der Waals surface area contributed by atoms with Crippen LogP contribution in [0, 0.1) is 11.3 Å². The van der Waals surface area contributed by atoms with Crippen molar-refractivity contribution in [3.05, 3.63) is 57.8 Å². The predicted octanol–water partition coefficient (Wildman–Crippen LogP) is 3.59. The summed E-state index contributed by atoms with van der Waals surface area (Å²) in [6.07, 6.45) is 0.106. The van der Waals surface area contributed by atoms with Gasteiger partial charge in [0.25, 0.3) is 0 Å². The van der Waals surface area contributed by atoms with Crippen molar-refractivity contribution < 1.29 is 9.90 Å². The first kappa shape index (κ1) is 16.1. The Morgan fingerprint density at radius 2 is 2.17 bits per heavy atom. The molecule has 0 aliphatic carbocycles. The lowest BCUT2D eigenvalue weighted by Gasteiger charge is -2.20. The van der Waals surface area contributed by atoms with Crippen LogP contribution in [0.4, 0.5) is 10.6 Å². The summed E-state index contributed by atoms with van der Waals surface area (Å²) in [5.74, 6) is 0.180. The molecule has 3 aromatic rings. The molecule has 0 bridgehead atoms. The molecule has 0 atom stereocenters. The number of rotatable bonds is 3. The van der Waals surface area contributed by atoms with Gasteiger partial charge in [-0.1, -0.05) is 35.3 Å². The van der Waals surface area contributed by atoms with Gasteiger partial charge in [-0.2, -0.15) is 14.9 Å². The summed E-state index contributed by atoms with van der Waals surface area (Å²) in [4.78, 5) is 16.8. The number of hydrogen-bond acceptors (Lipinski definition) is 4. The minimum absolute atomic E-state index is 0.0348. The molecule has 0 aliphatic rings. The Hall–Kier alpha value is -2.82. The molecule has 0 spiro atoms. The van der Waals surface area contributed by atoms with Gasteiger partial charge in [0.05, 0.1) is 12.7 Å². The Bertz CT molecular complexity index is 980. The lowest BCUT2D eigenvalue weighted by atomic mass is 10.2. The van der Waals surface area contributed by atoms with Crippen molar-refractivity contribution in [3.8, 4) is 6.07 Å². The number of anilines is 1. The van der Waals surface area contributed by atoms with E-state index in [4.69, 9.17) is 28.5 Å². The molecule has 0 unspecified atom stereocenters. The van der Waals surface area contributed by atoms with Crippen LogP contribution in [0.2, 0.25) is 10.2 Å². The second-order valence-corrected chi connectivity index (χ2v) is 5.66. The number of hydrogen-bond donors (Lipinski definition) is 1. The van der Waals surface area contributed by atoms with Crippen LogP contribution in [0.5, 0.6) is 0 Å². The minimum atomic E-state index is -1.20. The predicted molar refractivity (Wildman–Crippen MR) is 88.4 cm³/mol. The first-order chi connectivity index (χ1) is 11.5. The number of fused-ring (bicyclic) bond motifs is 1. The van der Waals surface area contributed by atoms with Crippen LogP contribution in [-0.4, -0.2) is 25.8 Å². The highest BCUT2D eigenvalue weighted by atomic mass is 35.5. The standard InChI is InChI=1S/C15H9Cl2N5O2/c16-11-3-1-2-9(4-11)8-21(15(23)24)13-5-12(17)20-14-10(6-18)7-19-22(13)14/h1-5,7H,8H2,(H,23,24). The fraction of sp³-hybridized carbons (Fsp3) is 0.0667. The lowest BCUT2D eigenvalue weighted by molar-refractivity contribution is 0.201. The third kappa shape index (κ3) is 2.97. The molecule has 1 amide bonds. The van der Waals surface area contributed by atoms with Crippen molar-refractivity contribution in [2.45, 2.75) is 6.54 Å². The Morgan fingerprint density at radius 3 is 2.83 bits per heavy atom. The average Bonchev–Trinajstić information content (AvgIpc) is 2.94. The Morgan fingerprint density at radius 1 is 1.38 bits per heavy atom. The van der Waals surface area contributed by atoms with E-state index in [1.54, 1.807) is 24.3 Å². The van der Waals surface area contributed by atoms with Crippen molar-refractivity contribution in [1.29, 1.82) is 5.26 Å².